The van der Waals surface area contributed by atoms with Gasteiger partial charge in [0.05, 0.1) is 5.69 Å². The minimum Gasteiger partial charge on any atom is -0.356 e. The smallest absolute Gasteiger partial charge is 0.166 e. The van der Waals surface area contributed by atoms with Gasteiger partial charge in [-0.05, 0) is 57.3 Å². The highest BCUT2D eigenvalue weighted by atomic mass is 16.1. The van der Waals surface area contributed by atoms with E-state index in [1.54, 1.807) is 0 Å². The van der Waals surface area contributed by atoms with Gasteiger partial charge in [-0.25, -0.2) is 0 Å². The fraction of sp³-hybridized carbons (Fsp3) is 0.615. The van der Waals surface area contributed by atoms with Crippen molar-refractivity contribution in [1.82, 2.24) is 9.88 Å². The summed E-state index contributed by atoms with van der Waals surface area (Å²) in [4.78, 5) is 16.5. The van der Waals surface area contributed by atoms with Gasteiger partial charge in [0.15, 0.2) is 6.29 Å². The average Bonchev–Trinajstić information content (AvgIpc) is 2.64. The summed E-state index contributed by atoms with van der Waals surface area (Å²) in [5.74, 6) is 0. The van der Waals surface area contributed by atoms with Gasteiger partial charge < -0.3 is 9.88 Å². The number of hydrogen-bond donors (Lipinski definition) is 1. The van der Waals surface area contributed by atoms with Crippen LogP contribution in [0, 0.1) is 0 Å². The molecule has 0 aliphatic heterocycles. The molecule has 1 heterocycles. The number of carbonyl (C=O) groups excluding carboxylic acids is 1. The van der Waals surface area contributed by atoms with E-state index in [2.05, 4.69) is 24.0 Å². The zero-order valence-electron chi connectivity index (χ0n) is 10.2. The normalized spacial score (nSPS) is 15.2. The molecule has 0 saturated carbocycles. The van der Waals surface area contributed by atoms with E-state index in [1.165, 1.54) is 29.7 Å². The van der Waals surface area contributed by atoms with Crippen LogP contribution in [0.4, 0.5) is 0 Å². The minimum atomic E-state index is 0.814. The summed E-state index contributed by atoms with van der Waals surface area (Å²) in [6, 6.07) is 0. The Morgan fingerprint density at radius 3 is 2.75 bits per heavy atom. The molecule has 0 saturated heterocycles. The summed E-state index contributed by atoms with van der Waals surface area (Å²) in [7, 11) is 4.14. The highest BCUT2D eigenvalue weighted by Crippen LogP contribution is 2.26. The Balaban J connectivity index is 2.26. The van der Waals surface area contributed by atoms with E-state index in [9.17, 15) is 4.79 Å². The number of nitrogens with one attached hydrogen (secondary N) is 1. The van der Waals surface area contributed by atoms with E-state index in [-0.39, 0.29) is 0 Å². The predicted octanol–water partition coefficient (Wildman–Crippen LogP) is 1.81. The Kier molecular flexibility index (Phi) is 3.44. The monoisotopic (exact) mass is 220 g/mol. The average molecular weight is 220 g/mol. The Labute approximate surface area is 96.8 Å². The van der Waals surface area contributed by atoms with Crippen LogP contribution in [0.25, 0.3) is 0 Å². The minimum absolute atomic E-state index is 0.814. The van der Waals surface area contributed by atoms with Crippen LogP contribution in [0.15, 0.2) is 0 Å². The van der Waals surface area contributed by atoms with Crippen LogP contribution in [0.2, 0.25) is 0 Å². The maximum absolute atomic E-state index is 11.0. The zero-order chi connectivity index (χ0) is 11.5. The SMILES string of the molecule is CN(C)CCc1c(C=O)[nH]c2c1CCCC2. The van der Waals surface area contributed by atoms with Gasteiger partial charge in [0.25, 0.3) is 0 Å². The zero-order valence-corrected chi connectivity index (χ0v) is 10.2. The van der Waals surface area contributed by atoms with Crippen molar-refractivity contribution in [1.29, 1.82) is 0 Å². The summed E-state index contributed by atoms with van der Waals surface area (Å²) in [6.45, 7) is 1.01. The predicted molar refractivity (Wildman–Crippen MR) is 65.1 cm³/mol. The molecule has 3 nitrogen and oxygen atoms in total. The number of rotatable bonds is 4. The number of fused-ring (bicyclic) bond motifs is 1. The molecule has 2 rings (SSSR count). The quantitative estimate of drug-likeness (QED) is 0.786. The van der Waals surface area contributed by atoms with E-state index in [1.807, 2.05) is 0 Å². The molecule has 3 heteroatoms. The lowest BCUT2D eigenvalue weighted by Gasteiger charge is -2.14. The summed E-state index contributed by atoms with van der Waals surface area (Å²) >= 11 is 0. The molecular formula is C13H20N2O. The first-order valence-electron chi connectivity index (χ1n) is 6.05. The topological polar surface area (TPSA) is 36.1 Å². The maximum atomic E-state index is 11.0. The Morgan fingerprint density at radius 2 is 2.06 bits per heavy atom. The van der Waals surface area contributed by atoms with E-state index in [0.717, 1.165) is 37.8 Å². The van der Waals surface area contributed by atoms with E-state index < -0.39 is 0 Å². The molecule has 0 fully saturated rings. The fourth-order valence-corrected chi connectivity index (χ4v) is 2.50. The van der Waals surface area contributed by atoms with Gasteiger partial charge in [-0.15, -0.1) is 0 Å². The summed E-state index contributed by atoms with van der Waals surface area (Å²) in [6.07, 6.45) is 6.72. The van der Waals surface area contributed by atoms with Crippen molar-refractivity contribution in [2.24, 2.45) is 0 Å². The van der Waals surface area contributed by atoms with Gasteiger partial charge in [-0.1, -0.05) is 0 Å². The van der Waals surface area contributed by atoms with E-state index in [0.29, 0.717) is 0 Å². The Hall–Kier alpha value is -1.09. The molecular weight excluding hydrogens is 200 g/mol. The summed E-state index contributed by atoms with van der Waals surface area (Å²) in [5.41, 5.74) is 4.81. The first-order valence-corrected chi connectivity index (χ1v) is 6.05. The van der Waals surface area contributed by atoms with Gasteiger partial charge in [0, 0.05) is 12.2 Å². The number of aromatic amines is 1. The lowest BCUT2D eigenvalue weighted by atomic mass is 9.93. The first kappa shape index (κ1) is 11.4. The van der Waals surface area contributed by atoms with Gasteiger partial charge >= 0.3 is 0 Å². The maximum Gasteiger partial charge on any atom is 0.166 e. The molecule has 1 aliphatic rings. The molecule has 1 aliphatic carbocycles. The molecule has 0 atom stereocenters. The van der Waals surface area contributed by atoms with Gasteiger partial charge in [-0.3, -0.25) is 4.79 Å². The lowest BCUT2D eigenvalue weighted by molar-refractivity contribution is 0.111. The van der Waals surface area contributed by atoms with Crippen molar-refractivity contribution in [3.05, 3.63) is 22.5 Å². The van der Waals surface area contributed by atoms with Crippen LogP contribution in [-0.4, -0.2) is 36.8 Å². The molecule has 0 aromatic carbocycles. The number of H-pyrrole nitrogens is 1. The molecule has 0 unspecified atom stereocenters. The van der Waals surface area contributed by atoms with Crippen molar-refractivity contribution in [2.45, 2.75) is 32.1 Å². The third-order valence-electron chi connectivity index (χ3n) is 3.37. The number of aromatic nitrogens is 1. The number of aryl methyl sites for hydroxylation is 1. The number of carbonyl (C=O) groups is 1. The van der Waals surface area contributed by atoms with Gasteiger partial charge in [0.1, 0.15) is 0 Å². The molecule has 1 aromatic heterocycles. The fourth-order valence-electron chi connectivity index (χ4n) is 2.50. The van der Waals surface area contributed by atoms with Crippen molar-refractivity contribution in [2.75, 3.05) is 20.6 Å². The van der Waals surface area contributed by atoms with Crippen molar-refractivity contribution in [3.63, 3.8) is 0 Å². The molecule has 1 N–H and O–H groups in total. The van der Waals surface area contributed by atoms with Crippen LogP contribution in [0.1, 0.15) is 40.2 Å². The largest absolute Gasteiger partial charge is 0.356 e. The molecule has 0 spiro atoms. The summed E-state index contributed by atoms with van der Waals surface area (Å²) < 4.78 is 0. The lowest BCUT2D eigenvalue weighted by Crippen LogP contribution is -2.16. The second kappa shape index (κ2) is 4.83. The van der Waals surface area contributed by atoms with E-state index in [4.69, 9.17) is 0 Å². The third kappa shape index (κ3) is 2.19. The van der Waals surface area contributed by atoms with Crippen LogP contribution in [0.5, 0.6) is 0 Å². The molecule has 0 radical (unpaired) electrons. The van der Waals surface area contributed by atoms with Gasteiger partial charge in [0.2, 0.25) is 0 Å². The van der Waals surface area contributed by atoms with Crippen LogP contribution in [0.3, 0.4) is 0 Å². The number of aldehydes is 1. The van der Waals surface area contributed by atoms with Crippen LogP contribution >= 0.6 is 0 Å². The molecule has 16 heavy (non-hydrogen) atoms. The molecule has 1 aromatic rings. The van der Waals surface area contributed by atoms with Crippen LogP contribution in [-0.2, 0) is 19.3 Å². The number of nitrogens with zero attached hydrogens (tertiary/aromatic N) is 1. The number of likely N-dealkylation sites (N-methyl/N-ethyl adjacent to an activating group) is 1. The Bertz CT molecular complexity index is 380. The van der Waals surface area contributed by atoms with Crippen molar-refractivity contribution < 1.29 is 4.79 Å². The number of hydrogen-bond acceptors (Lipinski definition) is 2. The standard InChI is InChI=1S/C13H20N2O/c1-15(2)8-7-11-10-5-3-4-6-12(10)14-13(11)9-16/h9,14H,3-8H2,1-2H3. The van der Waals surface area contributed by atoms with Crippen molar-refractivity contribution >= 4 is 6.29 Å². The second-order valence-corrected chi connectivity index (χ2v) is 4.85. The molecule has 0 amide bonds. The Morgan fingerprint density at radius 1 is 1.31 bits per heavy atom. The molecule has 0 bridgehead atoms. The second-order valence-electron chi connectivity index (χ2n) is 4.85. The first-order chi connectivity index (χ1) is 7.72. The summed E-state index contributed by atoms with van der Waals surface area (Å²) in [5, 5.41) is 0. The van der Waals surface area contributed by atoms with Crippen molar-refractivity contribution in [3.8, 4) is 0 Å². The van der Waals surface area contributed by atoms with Gasteiger partial charge in [-0.2, -0.15) is 0 Å². The highest BCUT2D eigenvalue weighted by molar-refractivity contribution is 5.76. The third-order valence-corrected chi connectivity index (χ3v) is 3.37. The highest BCUT2D eigenvalue weighted by Gasteiger charge is 2.19. The van der Waals surface area contributed by atoms with Crippen LogP contribution < -0.4 is 0 Å². The molecule has 88 valence electrons. The van der Waals surface area contributed by atoms with E-state index >= 15 is 0 Å².